The lowest BCUT2D eigenvalue weighted by Crippen LogP contribution is -2.32. The van der Waals surface area contributed by atoms with Crippen LogP contribution in [0.1, 0.15) is 32.7 Å². The molecule has 0 spiro atoms. The van der Waals surface area contributed by atoms with Crippen LogP contribution in [0.5, 0.6) is 5.88 Å². The minimum atomic E-state index is -4.98. The van der Waals surface area contributed by atoms with Crippen molar-refractivity contribution in [3.05, 3.63) is 82.5 Å². The largest absolute Gasteiger partial charge is 0.475 e. The first-order chi connectivity index (χ1) is 17.0. The van der Waals surface area contributed by atoms with E-state index in [-0.39, 0.29) is 36.2 Å². The number of hydrogen-bond acceptors (Lipinski definition) is 4. The molecule has 1 amide bonds. The molecule has 190 valence electrons. The Hall–Kier alpha value is -3.21. The van der Waals surface area contributed by atoms with Crippen molar-refractivity contribution in [3.8, 4) is 17.0 Å². The van der Waals surface area contributed by atoms with E-state index in [0.717, 1.165) is 0 Å². The van der Waals surface area contributed by atoms with E-state index in [9.17, 15) is 31.1 Å². The van der Waals surface area contributed by atoms with E-state index in [0.29, 0.717) is 34.7 Å². The SMILES string of the molecule is CSCc1cc(-c2ccccc2)c2c(n1)OCCN(Cc1cc(C(F)(F)F)cc(C(F)(F)F)c1)C2=O. The maximum Gasteiger partial charge on any atom is 0.416 e. The summed E-state index contributed by atoms with van der Waals surface area (Å²) in [7, 11) is 0. The Morgan fingerprint density at radius 1 is 0.972 bits per heavy atom. The Labute approximate surface area is 207 Å². The molecule has 1 aliphatic rings. The minimum Gasteiger partial charge on any atom is -0.475 e. The van der Waals surface area contributed by atoms with Crippen LogP contribution in [0.3, 0.4) is 0 Å². The number of hydrogen-bond donors (Lipinski definition) is 0. The van der Waals surface area contributed by atoms with E-state index < -0.39 is 35.9 Å². The van der Waals surface area contributed by atoms with Crippen LogP contribution in [-0.2, 0) is 24.7 Å². The number of rotatable bonds is 5. The summed E-state index contributed by atoms with van der Waals surface area (Å²) in [5, 5.41) is 0. The molecule has 0 saturated carbocycles. The third-order valence-electron chi connectivity index (χ3n) is 5.54. The summed E-state index contributed by atoms with van der Waals surface area (Å²) >= 11 is 1.53. The van der Waals surface area contributed by atoms with Gasteiger partial charge in [0.2, 0.25) is 5.88 Å². The highest BCUT2D eigenvalue weighted by Gasteiger charge is 2.37. The van der Waals surface area contributed by atoms with Gasteiger partial charge in [-0.25, -0.2) is 4.98 Å². The Kier molecular flexibility index (Phi) is 7.21. The standard InChI is InChI=1S/C25H20F6N2O2S/c1-36-14-19-12-20(16-5-3-2-4-6-16)21-22(32-19)35-8-7-33(23(21)34)13-15-9-17(24(26,27)28)11-18(10-15)25(29,30)31/h2-6,9-12H,7-8,13-14H2,1H3. The monoisotopic (exact) mass is 526 g/mol. The summed E-state index contributed by atoms with van der Waals surface area (Å²) in [6.07, 6.45) is -8.06. The Morgan fingerprint density at radius 3 is 2.19 bits per heavy atom. The fourth-order valence-corrected chi connectivity index (χ4v) is 4.39. The summed E-state index contributed by atoms with van der Waals surface area (Å²) < 4.78 is 85.6. The van der Waals surface area contributed by atoms with E-state index in [1.807, 2.05) is 12.3 Å². The minimum absolute atomic E-state index is 0.0201. The lowest BCUT2D eigenvalue weighted by molar-refractivity contribution is -0.143. The molecule has 1 aliphatic heterocycles. The topological polar surface area (TPSA) is 42.4 Å². The zero-order valence-electron chi connectivity index (χ0n) is 18.9. The zero-order valence-corrected chi connectivity index (χ0v) is 19.7. The lowest BCUT2D eigenvalue weighted by Gasteiger charge is -2.22. The maximum atomic E-state index is 13.6. The lowest BCUT2D eigenvalue weighted by atomic mass is 9.99. The van der Waals surface area contributed by atoms with E-state index in [1.165, 1.54) is 16.7 Å². The van der Waals surface area contributed by atoms with Crippen LogP contribution in [0, 0.1) is 0 Å². The van der Waals surface area contributed by atoms with E-state index in [2.05, 4.69) is 4.98 Å². The first kappa shape index (κ1) is 25.9. The van der Waals surface area contributed by atoms with Crippen LogP contribution in [0.15, 0.2) is 54.6 Å². The predicted molar refractivity (Wildman–Crippen MR) is 124 cm³/mol. The fraction of sp³-hybridized carbons (Fsp3) is 0.280. The molecule has 0 fully saturated rings. The maximum absolute atomic E-state index is 13.6. The smallest absolute Gasteiger partial charge is 0.416 e. The van der Waals surface area contributed by atoms with Crippen LogP contribution in [0.4, 0.5) is 26.3 Å². The highest BCUT2D eigenvalue weighted by atomic mass is 32.2. The number of carbonyl (C=O) groups is 1. The molecule has 11 heteroatoms. The van der Waals surface area contributed by atoms with Crippen molar-refractivity contribution in [1.29, 1.82) is 0 Å². The van der Waals surface area contributed by atoms with Gasteiger partial charge in [-0.1, -0.05) is 30.3 Å². The van der Waals surface area contributed by atoms with Gasteiger partial charge in [-0.3, -0.25) is 4.79 Å². The highest BCUT2D eigenvalue weighted by molar-refractivity contribution is 7.97. The van der Waals surface area contributed by atoms with Gasteiger partial charge in [-0.2, -0.15) is 38.1 Å². The third kappa shape index (κ3) is 5.61. The second-order valence-electron chi connectivity index (χ2n) is 8.13. The molecule has 2 heterocycles. The zero-order chi connectivity index (χ0) is 26.1. The van der Waals surface area contributed by atoms with E-state index >= 15 is 0 Å². The van der Waals surface area contributed by atoms with Crippen LogP contribution in [-0.4, -0.2) is 35.2 Å². The van der Waals surface area contributed by atoms with Crippen molar-refractivity contribution in [2.24, 2.45) is 0 Å². The molecule has 0 radical (unpaired) electrons. The molecular formula is C25H20F6N2O2S. The molecule has 0 N–H and O–H groups in total. The van der Waals surface area contributed by atoms with Crippen molar-refractivity contribution >= 4 is 17.7 Å². The molecule has 0 bridgehead atoms. The Morgan fingerprint density at radius 2 is 1.61 bits per heavy atom. The van der Waals surface area contributed by atoms with Gasteiger partial charge >= 0.3 is 12.4 Å². The van der Waals surface area contributed by atoms with Crippen LogP contribution >= 0.6 is 11.8 Å². The van der Waals surface area contributed by atoms with Crippen molar-refractivity contribution in [2.75, 3.05) is 19.4 Å². The Balaban J connectivity index is 1.77. The number of nitrogens with zero attached hydrogens (tertiary/aromatic N) is 2. The van der Waals surface area contributed by atoms with Crippen molar-refractivity contribution in [2.45, 2.75) is 24.7 Å². The second kappa shape index (κ2) is 10.0. The van der Waals surface area contributed by atoms with Gasteiger partial charge in [-0.05, 0) is 41.6 Å². The number of carbonyl (C=O) groups excluding carboxylic acids is 1. The number of benzene rings is 2. The number of thioether (sulfide) groups is 1. The summed E-state index contributed by atoms with van der Waals surface area (Å²) in [5.74, 6) is 0.0576. The quantitative estimate of drug-likeness (QED) is 0.348. The first-order valence-electron chi connectivity index (χ1n) is 10.8. The second-order valence-corrected chi connectivity index (χ2v) is 9.00. The molecule has 4 rings (SSSR count). The summed E-state index contributed by atoms with van der Waals surface area (Å²) in [6.45, 7) is -0.526. The van der Waals surface area contributed by atoms with Gasteiger partial charge in [0.1, 0.15) is 12.2 Å². The van der Waals surface area contributed by atoms with Gasteiger partial charge < -0.3 is 9.64 Å². The Bertz CT molecular complexity index is 1230. The summed E-state index contributed by atoms with van der Waals surface area (Å²) in [6, 6.07) is 12.1. The number of fused-ring (bicyclic) bond motifs is 1. The van der Waals surface area contributed by atoms with Crippen LogP contribution in [0.2, 0.25) is 0 Å². The van der Waals surface area contributed by atoms with E-state index in [1.54, 1.807) is 30.3 Å². The molecule has 1 aromatic heterocycles. The molecule has 0 saturated heterocycles. The predicted octanol–water partition coefficient (Wildman–Crippen LogP) is 6.68. The summed E-state index contributed by atoms with van der Waals surface area (Å²) in [4.78, 5) is 19.3. The van der Waals surface area contributed by atoms with Gasteiger partial charge in [0.05, 0.1) is 23.4 Å². The normalized spacial score (nSPS) is 14.3. The average molecular weight is 527 g/mol. The molecule has 3 aromatic rings. The van der Waals surface area contributed by atoms with Crippen molar-refractivity contribution < 1.29 is 35.9 Å². The molecule has 36 heavy (non-hydrogen) atoms. The van der Waals surface area contributed by atoms with Gasteiger partial charge in [0.25, 0.3) is 5.91 Å². The van der Waals surface area contributed by atoms with E-state index in [4.69, 9.17) is 4.74 Å². The number of aromatic nitrogens is 1. The number of pyridine rings is 1. The number of amides is 1. The summed E-state index contributed by atoms with van der Waals surface area (Å²) in [5.41, 5.74) is -1.13. The number of halogens is 6. The first-order valence-corrected chi connectivity index (χ1v) is 12.2. The van der Waals surface area contributed by atoms with Crippen molar-refractivity contribution in [3.63, 3.8) is 0 Å². The fourth-order valence-electron chi connectivity index (χ4n) is 3.94. The number of alkyl halides is 6. The van der Waals surface area contributed by atoms with Gasteiger partial charge in [-0.15, -0.1) is 0 Å². The number of ether oxygens (including phenoxy) is 1. The molecule has 4 nitrogen and oxygen atoms in total. The molecule has 0 aliphatic carbocycles. The van der Waals surface area contributed by atoms with Gasteiger partial charge in [0.15, 0.2) is 0 Å². The molecular weight excluding hydrogens is 506 g/mol. The molecule has 0 atom stereocenters. The third-order valence-corrected chi connectivity index (χ3v) is 6.12. The molecule has 0 unspecified atom stereocenters. The van der Waals surface area contributed by atoms with Gasteiger partial charge in [0, 0.05) is 17.9 Å². The van der Waals surface area contributed by atoms with Crippen LogP contribution in [0.25, 0.3) is 11.1 Å². The van der Waals surface area contributed by atoms with Crippen molar-refractivity contribution in [1.82, 2.24) is 9.88 Å². The molecule has 2 aromatic carbocycles. The average Bonchev–Trinajstić information content (AvgIpc) is 2.97. The highest BCUT2D eigenvalue weighted by Crippen LogP contribution is 2.38. The van der Waals surface area contributed by atoms with Crippen LogP contribution < -0.4 is 4.74 Å².